The Hall–Kier alpha value is -1.68. The van der Waals surface area contributed by atoms with Crippen LogP contribution >= 0.6 is 11.6 Å². The SMILES string of the molecule is CC(Cc1c[nH]c2ccccc12)N(CCCl)C(=O)O. The summed E-state index contributed by atoms with van der Waals surface area (Å²) in [6, 6.07) is 7.91. The van der Waals surface area contributed by atoms with Gasteiger partial charge in [0.15, 0.2) is 0 Å². The molecule has 5 heteroatoms. The minimum Gasteiger partial charge on any atom is -0.465 e. The van der Waals surface area contributed by atoms with E-state index in [9.17, 15) is 9.90 Å². The lowest BCUT2D eigenvalue weighted by atomic mass is 10.1. The van der Waals surface area contributed by atoms with Crippen molar-refractivity contribution in [1.82, 2.24) is 9.88 Å². The summed E-state index contributed by atoms with van der Waals surface area (Å²) >= 11 is 5.65. The minimum absolute atomic E-state index is 0.101. The second-order valence-electron chi connectivity index (χ2n) is 4.58. The van der Waals surface area contributed by atoms with Crippen LogP contribution in [-0.2, 0) is 6.42 Å². The van der Waals surface area contributed by atoms with E-state index in [1.165, 1.54) is 4.90 Å². The van der Waals surface area contributed by atoms with E-state index in [4.69, 9.17) is 11.6 Å². The van der Waals surface area contributed by atoms with Crippen LogP contribution in [-0.4, -0.2) is 39.6 Å². The van der Waals surface area contributed by atoms with Gasteiger partial charge in [0.2, 0.25) is 0 Å². The first-order valence-corrected chi connectivity index (χ1v) is 6.77. The molecule has 2 N–H and O–H groups in total. The fraction of sp³-hybridized carbons (Fsp3) is 0.357. The van der Waals surface area contributed by atoms with E-state index < -0.39 is 6.09 Å². The number of rotatable bonds is 5. The molecule has 0 aliphatic heterocycles. The van der Waals surface area contributed by atoms with Gasteiger partial charge in [-0.3, -0.25) is 0 Å². The van der Waals surface area contributed by atoms with Crippen LogP contribution in [0.4, 0.5) is 4.79 Å². The predicted molar refractivity (Wildman–Crippen MR) is 76.9 cm³/mol. The Morgan fingerprint density at radius 3 is 2.89 bits per heavy atom. The number of aromatic nitrogens is 1. The summed E-state index contributed by atoms with van der Waals surface area (Å²) in [6.07, 6.45) is 1.70. The van der Waals surface area contributed by atoms with Gasteiger partial charge in [-0.2, -0.15) is 0 Å². The van der Waals surface area contributed by atoms with Gasteiger partial charge >= 0.3 is 6.09 Å². The summed E-state index contributed by atoms with van der Waals surface area (Å²) in [5.74, 6) is 0.310. The number of H-pyrrole nitrogens is 1. The van der Waals surface area contributed by atoms with Crippen molar-refractivity contribution in [2.45, 2.75) is 19.4 Å². The molecule has 1 unspecified atom stereocenters. The summed E-state index contributed by atoms with van der Waals surface area (Å²) in [5.41, 5.74) is 2.20. The average molecular weight is 281 g/mol. The molecule has 0 saturated heterocycles. The maximum absolute atomic E-state index is 11.2. The molecule has 0 saturated carbocycles. The van der Waals surface area contributed by atoms with Crippen LogP contribution in [0.15, 0.2) is 30.5 Å². The van der Waals surface area contributed by atoms with Crippen molar-refractivity contribution >= 4 is 28.6 Å². The van der Waals surface area contributed by atoms with Gasteiger partial charge in [0.25, 0.3) is 0 Å². The van der Waals surface area contributed by atoms with Gasteiger partial charge in [-0.25, -0.2) is 4.79 Å². The number of alkyl halides is 1. The number of amides is 1. The molecule has 0 fully saturated rings. The number of carboxylic acid groups (broad SMARTS) is 1. The van der Waals surface area contributed by atoms with Gasteiger partial charge in [0.1, 0.15) is 0 Å². The second-order valence-corrected chi connectivity index (χ2v) is 4.96. The minimum atomic E-state index is -0.923. The second kappa shape index (κ2) is 5.97. The van der Waals surface area contributed by atoms with Crippen molar-refractivity contribution < 1.29 is 9.90 Å². The number of carbonyl (C=O) groups is 1. The van der Waals surface area contributed by atoms with E-state index in [2.05, 4.69) is 4.98 Å². The Kier molecular flexibility index (Phi) is 4.32. The van der Waals surface area contributed by atoms with Gasteiger partial charge in [-0.1, -0.05) is 18.2 Å². The highest BCUT2D eigenvalue weighted by Gasteiger charge is 2.19. The van der Waals surface area contributed by atoms with Gasteiger partial charge < -0.3 is 15.0 Å². The molecular formula is C14H17ClN2O2. The summed E-state index contributed by atoms with van der Waals surface area (Å²) in [6.45, 7) is 2.25. The van der Waals surface area contributed by atoms with Crippen molar-refractivity contribution in [3.63, 3.8) is 0 Å². The van der Waals surface area contributed by atoms with E-state index in [1.54, 1.807) is 0 Å². The monoisotopic (exact) mass is 280 g/mol. The Morgan fingerprint density at radius 1 is 1.47 bits per heavy atom. The Labute approximate surface area is 117 Å². The van der Waals surface area contributed by atoms with Crippen molar-refractivity contribution in [3.8, 4) is 0 Å². The molecule has 1 heterocycles. The van der Waals surface area contributed by atoms with Crippen LogP contribution in [0.1, 0.15) is 12.5 Å². The summed E-state index contributed by atoms with van der Waals surface area (Å²) < 4.78 is 0. The average Bonchev–Trinajstić information content (AvgIpc) is 2.79. The third kappa shape index (κ3) is 3.01. The molecule has 0 radical (unpaired) electrons. The summed E-state index contributed by atoms with van der Waals surface area (Å²) in [7, 11) is 0. The largest absolute Gasteiger partial charge is 0.465 e. The third-order valence-corrected chi connectivity index (χ3v) is 3.46. The number of nitrogens with zero attached hydrogens (tertiary/aromatic N) is 1. The predicted octanol–water partition coefficient (Wildman–Crippen LogP) is 3.32. The number of hydrogen-bond acceptors (Lipinski definition) is 1. The molecule has 19 heavy (non-hydrogen) atoms. The Balaban J connectivity index is 2.17. The number of hydrogen-bond donors (Lipinski definition) is 2. The van der Waals surface area contributed by atoms with E-state index in [0.29, 0.717) is 18.8 Å². The lowest BCUT2D eigenvalue weighted by molar-refractivity contribution is 0.131. The molecule has 1 aromatic heterocycles. The normalized spacial score (nSPS) is 12.5. The number of aromatic amines is 1. The lowest BCUT2D eigenvalue weighted by Gasteiger charge is -2.25. The van der Waals surface area contributed by atoms with Gasteiger partial charge in [0, 0.05) is 35.6 Å². The standard InChI is InChI=1S/C14H17ClN2O2/c1-10(17(7-6-15)14(18)19)8-11-9-16-13-5-3-2-4-12(11)13/h2-5,9-10,16H,6-8H2,1H3,(H,18,19). The highest BCUT2D eigenvalue weighted by Crippen LogP contribution is 2.20. The number of fused-ring (bicyclic) bond motifs is 1. The topological polar surface area (TPSA) is 56.3 Å². The summed E-state index contributed by atoms with van der Waals surface area (Å²) in [5, 5.41) is 10.3. The first-order chi connectivity index (χ1) is 9.13. The molecule has 0 bridgehead atoms. The Morgan fingerprint density at radius 2 is 2.21 bits per heavy atom. The van der Waals surface area contributed by atoms with Crippen molar-refractivity contribution in [3.05, 3.63) is 36.0 Å². The van der Waals surface area contributed by atoms with E-state index in [-0.39, 0.29) is 6.04 Å². The molecule has 2 aromatic rings. The molecule has 4 nitrogen and oxygen atoms in total. The van der Waals surface area contributed by atoms with Crippen LogP contribution in [0.5, 0.6) is 0 Å². The fourth-order valence-corrected chi connectivity index (χ4v) is 2.51. The number of halogens is 1. The molecular weight excluding hydrogens is 264 g/mol. The number of nitrogens with one attached hydrogen (secondary N) is 1. The van der Waals surface area contributed by atoms with Crippen LogP contribution in [0, 0.1) is 0 Å². The van der Waals surface area contributed by atoms with Crippen molar-refractivity contribution in [2.75, 3.05) is 12.4 Å². The zero-order valence-corrected chi connectivity index (χ0v) is 11.5. The molecule has 102 valence electrons. The molecule has 0 spiro atoms. The molecule has 1 amide bonds. The zero-order chi connectivity index (χ0) is 13.8. The van der Waals surface area contributed by atoms with Gasteiger partial charge in [-0.05, 0) is 25.0 Å². The van der Waals surface area contributed by atoms with Crippen molar-refractivity contribution in [2.24, 2.45) is 0 Å². The third-order valence-electron chi connectivity index (χ3n) is 3.29. The van der Waals surface area contributed by atoms with E-state index >= 15 is 0 Å². The maximum atomic E-state index is 11.2. The van der Waals surface area contributed by atoms with Crippen LogP contribution in [0.3, 0.4) is 0 Å². The Bertz CT molecular complexity index is 567. The molecule has 0 aliphatic rings. The first kappa shape index (κ1) is 13.7. The number of para-hydroxylation sites is 1. The quantitative estimate of drug-likeness (QED) is 0.826. The van der Waals surface area contributed by atoms with Crippen LogP contribution < -0.4 is 0 Å². The van der Waals surface area contributed by atoms with Gasteiger partial charge in [0.05, 0.1) is 0 Å². The van der Waals surface area contributed by atoms with Crippen LogP contribution in [0.2, 0.25) is 0 Å². The highest BCUT2D eigenvalue weighted by atomic mass is 35.5. The molecule has 0 aliphatic carbocycles. The molecule has 2 rings (SSSR count). The van der Waals surface area contributed by atoms with Gasteiger partial charge in [-0.15, -0.1) is 11.6 Å². The molecule has 1 aromatic carbocycles. The number of benzene rings is 1. The fourth-order valence-electron chi connectivity index (χ4n) is 2.32. The van der Waals surface area contributed by atoms with Crippen LogP contribution in [0.25, 0.3) is 10.9 Å². The van der Waals surface area contributed by atoms with Crippen molar-refractivity contribution in [1.29, 1.82) is 0 Å². The maximum Gasteiger partial charge on any atom is 0.407 e. The van der Waals surface area contributed by atoms with E-state index in [1.807, 2.05) is 37.4 Å². The summed E-state index contributed by atoms with van der Waals surface area (Å²) in [4.78, 5) is 15.8. The smallest absolute Gasteiger partial charge is 0.407 e. The molecule has 1 atom stereocenters. The highest BCUT2D eigenvalue weighted by molar-refractivity contribution is 6.18. The van der Waals surface area contributed by atoms with E-state index in [0.717, 1.165) is 16.5 Å². The lowest BCUT2D eigenvalue weighted by Crippen LogP contribution is -2.40. The first-order valence-electron chi connectivity index (χ1n) is 6.24. The zero-order valence-electron chi connectivity index (χ0n) is 10.8.